The van der Waals surface area contributed by atoms with Crippen molar-refractivity contribution in [3.05, 3.63) is 29.3 Å². The maximum Gasteiger partial charge on any atom is 0.115 e. The summed E-state index contributed by atoms with van der Waals surface area (Å²) < 4.78 is 0. The fourth-order valence-electron chi connectivity index (χ4n) is 2.32. The second-order valence-electron chi connectivity index (χ2n) is 5.45. The Balaban J connectivity index is 2.09. The highest BCUT2D eigenvalue weighted by molar-refractivity contribution is 5.39. The first-order valence-corrected chi connectivity index (χ1v) is 5.52. The molecular formula is C13H19NO. The van der Waals surface area contributed by atoms with Gasteiger partial charge in [-0.25, -0.2) is 0 Å². The zero-order valence-corrected chi connectivity index (χ0v) is 9.67. The number of nitrogens with one attached hydrogen (secondary N) is 1. The summed E-state index contributed by atoms with van der Waals surface area (Å²) in [6, 6.07) is 6.22. The van der Waals surface area contributed by atoms with E-state index in [9.17, 15) is 5.11 Å². The molecule has 2 heteroatoms. The summed E-state index contributed by atoms with van der Waals surface area (Å²) in [6.45, 7) is 6.56. The fraction of sp³-hybridized carbons (Fsp3) is 0.538. The van der Waals surface area contributed by atoms with E-state index in [1.165, 1.54) is 11.1 Å². The van der Waals surface area contributed by atoms with Gasteiger partial charge in [-0.3, -0.25) is 0 Å². The molecule has 82 valence electrons. The monoisotopic (exact) mass is 205 g/mol. The predicted octanol–water partition coefficient (Wildman–Crippen LogP) is 2.25. The molecule has 0 aliphatic heterocycles. The zero-order chi connectivity index (χ0) is 11.1. The van der Waals surface area contributed by atoms with E-state index in [4.69, 9.17) is 0 Å². The van der Waals surface area contributed by atoms with Gasteiger partial charge in [0.25, 0.3) is 0 Å². The van der Waals surface area contributed by atoms with E-state index >= 15 is 0 Å². The Bertz CT molecular complexity index is 365. The van der Waals surface area contributed by atoms with Crippen LogP contribution in [0, 0.1) is 0 Å². The minimum absolute atomic E-state index is 0.161. The maximum atomic E-state index is 9.39. The molecule has 2 rings (SSSR count). The third-order valence-electron chi connectivity index (χ3n) is 2.76. The van der Waals surface area contributed by atoms with Crippen LogP contribution in [-0.4, -0.2) is 16.7 Å². The van der Waals surface area contributed by atoms with Crippen molar-refractivity contribution in [2.45, 2.75) is 45.2 Å². The number of fused-ring (bicyclic) bond motifs is 1. The lowest BCUT2D eigenvalue weighted by atomic mass is 10.1. The van der Waals surface area contributed by atoms with E-state index in [1.807, 2.05) is 12.1 Å². The lowest BCUT2D eigenvalue weighted by Crippen LogP contribution is -2.44. The van der Waals surface area contributed by atoms with Gasteiger partial charge in [0.05, 0.1) is 0 Å². The third kappa shape index (κ3) is 2.51. The van der Waals surface area contributed by atoms with Gasteiger partial charge in [-0.05, 0) is 56.9 Å². The predicted molar refractivity (Wildman–Crippen MR) is 62.2 cm³/mol. The molecule has 2 N–H and O–H groups in total. The van der Waals surface area contributed by atoms with Crippen LogP contribution in [0.3, 0.4) is 0 Å². The van der Waals surface area contributed by atoms with Crippen molar-refractivity contribution in [1.82, 2.24) is 5.32 Å². The standard InChI is InChI=1S/C13H19NO/c1-13(2,3)14-11-6-9-4-5-12(15)8-10(9)7-11/h4-5,8,11,14-15H,6-7H2,1-3H3. The highest BCUT2D eigenvalue weighted by Gasteiger charge is 2.24. The summed E-state index contributed by atoms with van der Waals surface area (Å²) in [4.78, 5) is 0. The molecule has 0 amide bonds. The Hall–Kier alpha value is -1.02. The average Bonchev–Trinajstić information content (AvgIpc) is 2.42. The van der Waals surface area contributed by atoms with E-state index in [0.29, 0.717) is 11.8 Å². The normalized spacial score (nSPS) is 20.3. The summed E-state index contributed by atoms with van der Waals surface area (Å²) in [5, 5.41) is 13.0. The highest BCUT2D eigenvalue weighted by atomic mass is 16.3. The Labute approximate surface area is 91.3 Å². The first-order chi connectivity index (χ1) is 6.94. The van der Waals surface area contributed by atoms with Crippen molar-refractivity contribution in [2.24, 2.45) is 0 Å². The van der Waals surface area contributed by atoms with Crippen molar-refractivity contribution in [3.8, 4) is 5.75 Å². The van der Waals surface area contributed by atoms with Gasteiger partial charge in [0.1, 0.15) is 5.75 Å². The van der Waals surface area contributed by atoms with E-state index < -0.39 is 0 Å². The van der Waals surface area contributed by atoms with E-state index in [2.05, 4.69) is 26.1 Å². The molecule has 1 atom stereocenters. The second-order valence-corrected chi connectivity index (χ2v) is 5.45. The molecule has 1 aliphatic carbocycles. The molecule has 1 unspecified atom stereocenters. The Kier molecular flexibility index (Phi) is 2.47. The molecule has 1 aliphatic rings. The molecule has 0 saturated heterocycles. The minimum Gasteiger partial charge on any atom is -0.508 e. The van der Waals surface area contributed by atoms with Gasteiger partial charge < -0.3 is 10.4 Å². The Morgan fingerprint density at radius 2 is 1.87 bits per heavy atom. The van der Waals surface area contributed by atoms with Crippen LogP contribution in [0.4, 0.5) is 0 Å². The first kappa shape index (κ1) is 10.5. The van der Waals surface area contributed by atoms with Gasteiger partial charge in [-0.15, -0.1) is 0 Å². The fourth-order valence-corrected chi connectivity index (χ4v) is 2.32. The van der Waals surface area contributed by atoms with Crippen LogP contribution < -0.4 is 5.32 Å². The lowest BCUT2D eigenvalue weighted by molar-refractivity contribution is 0.365. The number of hydrogen-bond acceptors (Lipinski definition) is 2. The van der Waals surface area contributed by atoms with Gasteiger partial charge >= 0.3 is 0 Å². The highest BCUT2D eigenvalue weighted by Crippen LogP contribution is 2.26. The van der Waals surface area contributed by atoms with Crippen molar-refractivity contribution in [2.75, 3.05) is 0 Å². The first-order valence-electron chi connectivity index (χ1n) is 5.52. The van der Waals surface area contributed by atoms with Crippen LogP contribution >= 0.6 is 0 Å². The Morgan fingerprint density at radius 3 is 2.53 bits per heavy atom. The van der Waals surface area contributed by atoms with Crippen LogP contribution in [-0.2, 0) is 12.8 Å². The van der Waals surface area contributed by atoms with Gasteiger partial charge in [-0.2, -0.15) is 0 Å². The molecule has 0 aromatic heterocycles. The Morgan fingerprint density at radius 1 is 1.20 bits per heavy atom. The number of rotatable bonds is 1. The van der Waals surface area contributed by atoms with Crippen LogP contribution in [0.1, 0.15) is 31.9 Å². The molecule has 0 saturated carbocycles. The van der Waals surface area contributed by atoms with Gasteiger partial charge in [-0.1, -0.05) is 6.07 Å². The van der Waals surface area contributed by atoms with E-state index in [1.54, 1.807) is 6.07 Å². The molecule has 0 radical (unpaired) electrons. The molecule has 1 aromatic rings. The SMILES string of the molecule is CC(C)(C)NC1Cc2ccc(O)cc2C1. The van der Waals surface area contributed by atoms with Crippen LogP contribution in [0.5, 0.6) is 5.75 Å². The summed E-state index contributed by atoms with van der Waals surface area (Å²) in [5.74, 6) is 0.380. The second kappa shape index (κ2) is 3.53. The largest absolute Gasteiger partial charge is 0.508 e. The molecular weight excluding hydrogens is 186 g/mol. The number of benzene rings is 1. The number of phenolic OH excluding ortho intramolecular Hbond substituents is 1. The smallest absolute Gasteiger partial charge is 0.115 e. The molecule has 1 aromatic carbocycles. The van der Waals surface area contributed by atoms with Crippen molar-refractivity contribution >= 4 is 0 Å². The van der Waals surface area contributed by atoms with Gasteiger partial charge in [0.15, 0.2) is 0 Å². The number of aromatic hydroxyl groups is 1. The van der Waals surface area contributed by atoms with Crippen molar-refractivity contribution in [1.29, 1.82) is 0 Å². The van der Waals surface area contributed by atoms with Gasteiger partial charge in [0.2, 0.25) is 0 Å². The van der Waals surface area contributed by atoms with E-state index in [0.717, 1.165) is 12.8 Å². The molecule has 2 nitrogen and oxygen atoms in total. The van der Waals surface area contributed by atoms with Crippen LogP contribution in [0.25, 0.3) is 0 Å². The average molecular weight is 205 g/mol. The summed E-state index contributed by atoms with van der Waals surface area (Å²) in [7, 11) is 0. The third-order valence-corrected chi connectivity index (χ3v) is 2.76. The minimum atomic E-state index is 0.161. The topological polar surface area (TPSA) is 32.3 Å². The molecule has 15 heavy (non-hydrogen) atoms. The quantitative estimate of drug-likeness (QED) is 0.737. The van der Waals surface area contributed by atoms with Crippen molar-refractivity contribution < 1.29 is 5.11 Å². The van der Waals surface area contributed by atoms with Crippen LogP contribution in [0.15, 0.2) is 18.2 Å². The van der Waals surface area contributed by atoms with Gasteiger partial charge in [0, 0.05) is 11.6 Å². The molecule has 0 heterocycles. The maximum absolute atomic E-state index is 9.39. The number of hydrogen-bond donors (Lipinski definition) is 2. The summed E-state index contributed by atoms with van der Waals surface area (Å²) in [5.41, 5.74) is 2.82. The molecule has 0 fully saturated rings. The number of phenols is 1. The lowest BCUT2D eigenvalue weighted by Gasteiger charge is -2.25. The molecule has 0 spiro atoms. The summed E-state index contributed by atoms with van der Waals surface area (Å²) >= 11 is 0. The zero-order valence-electron chi connectivity index (χ0n) is 9.67. The van der Waals surface area contributed by atoms with Crippen molar-refractivity contribution in [3.63, 3.8) is 0 Å². The molecule has 0 bridgehead atoms. The summed E-state index contributed by atoms with van der Waals surface area (Å²) in [6.07, 6.45) is 2.11. The van der Waals surface area contributed by atoms with Crippen LogP contribution in [0.2, 0.25) is 0 Å². The van der Waals surface area contributed by atoms with E-state index in [-0.39, 0.29) is 5.54 Å².